The molecule has 6 heteroatoms. The minimum Gasteiger partial charge on any atom is -0.481 e. The number of carboxylic acid groups (broad SMARTS) is 1. The molecule has 20 heavy (non-hydrogen) atoms. The largest absolute Gasteiger partial charge is 0.481 e. The van der Waals surface area contributed by atoms with Gasteiger partial charge in [0.15, 0.2) is 0 Å². The van der Waals surface area contributed by atoms with Gasteiger partial charge in [-0.05, 0) is 25.9 Å². The van der Waals surface area contributed by atoms with E-state index in [0.29, 0.717) is 19.5 Å². The third-order valence-electron chi connectivity index (χ3n) is 4.61. The van der Waals surface area contributed by atoms with Crippen LogP contribution in [0.3, 0.4) is 0 Å². The van der Waals surface area contributed by atoms with E-state index in [0.717, 1.165) is 0 Å². The Morgan fingerprint density at radius 3 is 2.35 bits per heavy atom. The lowest BCUT2D eigenvalue weighted by molar-refractivity contribution is -0.142. The summed E-state index contributed by atoms with van der Waals surface area (Å²) in [6.07, 6.45) is 0.0588. The molecule has 0 radical (unpaired) electrons. The minimum absolute atomic E-state index is 0.0293. The van der Waals surface area contributed by atoms with Crippen molar-refractivity contribution in [3.8, 4) is 0 Å². The number of carboxylic acids is 1. The fourth-order valence-corrected chi connectivity index (χ4v) is 3.49. The Morgan fingerprint density at radius 1 is 1.30 bits per heavy atom. The van der Waals surface area contributed by atoms with Crippen LogP contribution in [-0.2, 0) is 9.59 Å². The summed E-state index contributed by atoms with van der Waals surface area (Å²) in [4.78, 5) is 27.5. The molecule has 2 fully saturated rings. The van der Waals surface area contributed by atoms with E-state index in [2.05, 4.69) is 0 Å². The highest BCUT2D eigenvalue weighted by atomic mass is 16.4. The highest BCUT2D eigenvalue weighted by Gasteiger charge is 2.67. The molecule has 0 spiro atoms. The Balaban J connectivity index is 2.10. The van der Waals surface area contributed by atoms with E-state index in [1.807, 2.05) is 32.8 Å². The summed E-state index contributed by atoms with van der Waals surface area (Å²) in [5.74, 6) is -2.09. The van der Waals surface area contributed by atoms with Crippen LogP contribution in [0.1, 0.15) is 20.3 Å². The van der Waals surface area contributed by atoms with Gasteiger partial charge in [-0.2, -0.15) is 0 Å². The normalized spacial score (nSPS) is 35.4. The molecule has 6 nitrogen and oxygen atoms in total. The van der Waals surface area contributed by atoms with E-state index in [9.17, 15) is 19.8 Å². The van der Waals surface area contributed by atoms with Gasteiger partial charge in [0.1, 0.15) is 0 Å². The second kappa shape index (κ2) is 5.00. The lowest BCUT2D eigenvalue weighted by Crippen LogP contribution is -2.43. The second-order valence-corrected chi connectivity index (χ2v) is 6.91. The monoisotopic (exact) mass is 284 g/mol. The number of rotatable bonds is 4. The molecular formula is C14H24N2O4. The number of likely N-dealkylation sites (tertiary alicyclic amines) is 1. The number of carbonyl (C=O) groups is 2. The van der Waals surface area contributed by atoms with Crippen LogP contribution in [0.15, 0.2) is 0 Å². The highest BCUT2D eigenvalue weighted by Crippen LogP contribution is 2.59. The van der Waals surface area contributed by atoms with Crippen LogP contribution in [0, 0.1) is 17.3 Å². The van der Waals surface area contributed by atoms with Crippen molar-refractivity contribution in [2.24, 2.45) is 17.3 Å². The lowest BCUT2D eigenvalue weighted by atomic mass is 10.1. The number of carbonyl (C=O) groups excluding carboxylic acids is 1. The average molecular weight is 284 g/mol. The average Bonchev–Trinajstić information content (AvgIpc) is 2.68. The molecule has 0 aromatic rings. The molecule has 2 aliphatic rings. The van der Waals surface area contributed by atoms with E-state index in [-0.39, 0.29) is 11.9 Å². The summed E-state index contributed by atoms with van der Waals surface area (Å²) in [5, 5.41) is 19.0. The Hall–Kier alpha value is -1.14. The Labute approximate surface area is 119 Å². The van der Waals surface area contributed by atoms with Crippen molar-refractivity contribution in [3.63, 3.8) is 0 Å². The third-order valence-corrected chi connectivity index (χ3v) is 4.61. The number of hydrogen-bond acceptors (Lipinski definition) is 4. The number of nitrogens with zero attached hydrogens (tertiary/aromatic N) is 2. The van der Waals surface area contributed by atoms with E-state index < -0.39 is 29.3 Å². The summed E-state index contributed by atoms with van der Waals surface area (Å²) in [6, 6.07) is -0.0293. The molecule has 2 unspecified atom stereocenters. The molecule has 2 N–H and O–H groups in total. The van der Waals surface area contributed by atoms with Crippen molar-refractivity contribution in [1.82, 2.24) is 9.80 Å². The van der Waals surface area contributed by atoms with Gasteiger partial charge in [0.2, 0.25) is 5.91 Å². The van der Waals surface area contributed by atoms with Crippen LogP contribution < -0.4 is 0 Å². The fourth-order valence-electron chi connectivity index (χ4n) is 3.49. The lowest BCUT2D eigenvalue weighted by Gasteiger charge is -2.27. The molecule has 0 aromatic carbocycles. The fraction of sp³-hybridized carbons (Fsp3) is 0.857. The van der Waals surface area contributed by atoms with Crippen molar-refractivity contribution in [2.75, 3.05) is 27.2 Å². The smallest absolute Gasteiger partial charge is 0.307 e. The van der Waals surface area contributed by atoms with Gasteiger partial charge < -0.3 is 20.0 Å². The van der Waals surface area contributed by atoms with Crippen molar-refractivity contribution < 1.29 is 19.8 Å². The van der Waals surface area contributed by atoms with Crippen LogP contribution in [0.25, 0.3) is 0 Å². The molecule has 1 amide bonds. The van der Waals surface area contributed by atoms with Gasteiger partial charge >= 0.3 is 5.97 Å². The summed E-state index contributed by atoms with van der Waals surface area (Å²) < 4.78 is 0. The van der Waals surface area contributed by atoms with Crippen LogP contribution in [0.4, 0.5) is 0 Å². The predicted molar refractivity (Wildman–Crippen MR) is 73.1 cm³/mol. The van der Waals surface area contributed by atoms with Crippen LogP contribution >= 0.6 is 0 Å². The van der Waals surface area contributed by atoms with Gasteiger partial charge in [-0.25, -0.2) is 0 Å². The van der Waals surface area contributed by atoms with Crippen LogP contribution in [0.2, 0.25) is 0 Å². The molecule has 1 aliphatic carbocycles. The zero-order valence-corrected chi connectivity index (χ0v) is 12.5. The molecule has 1 heterocycles. The molecule has 1 saturated heterocycles. The van der Waals surface area contributed by atoms with Gasteiger partial charge in [0.25, 0.3) is 0 Å². The maximum atomic E-state index is 12.6. The molecule has 1 saturated carbocycles. The number of likely N-dealkylation sites (N-methyl/N-ethyl adjacent to an activating group) is 1. The number of amides is 1. The maximum absolute atomic E-state index is 12.6. The van der Waals surface area contributed by atoms with E-state index in [1.54, 1.807) is 4.90 Å². The predicted octanol–water partition coefficient (Wildman–Crippen LogP) is -0.133. The first-order valence-corrected chi connectivity index (χ1v) is 7.02. The number of aliphatic hydroxyl groups excluding tert-OH is 1. The summed E-state index contributed by atoms with van der Waals surface area (Å²) >= 11 is 0. The maximum Gasteiger partial charge on any atom is 0.307 e. The minimum atomic E-state index is -0.905. The van der Waals surface area contributed by atoms with Crippen LogP contribution in [0.5, 0.6) is 0 Å². The van der Waals surface area contributed by atoms with Gasteiger partial charge in [-0.15, -0.1) is 0 Å². The van der Waals surface area contributed by atoms with E-state index in [1.165, 1.54) is 0 Å². The van der Waals surface area contributed by atoms with Gasteiger partial charge in [0, 0.05) is 19.1 Å². The zero-order valence-electron chi connectivity index (χ0n) is 12.5. The molecule has 114 valence electrons. The summed E-state index contributed by atoms with van der Waals surface area (Å²) in [7, 11) is 3.85. The molecule has 4 atom stereocenters. The quantitative estimate of drug-likeness (QED) is 0.751. The van der Waals surface area contributed by atoms with Crippen molar-refractivity contribution >= 4 is 11.9 Å². The van der Waals surface area contributed by atoms with E-state index >= 15 is 0 Å². The van der Waals surface area contributed by atoms with Crippen LogP contribution in [-0.4, -0.2) is 71.2 Å². The van der Waals surface area contributed by atoms with Crippen molar-refractivity contribution in [1.29, 1.82) is 0 Å². The molecule has 0 aromatic heterocycles. The number of aliphatic hydroxyl groups is 1. The van der Waals surface area contributed by atoms with Crippen molar-refractivity contribution in [3.05, 3.63) is 0 Å². The van der Waals surface area contributed by atoms with E-state index in [4.69, 9.17) is 0 Å². The molecular weight excluding hydrogens is 260 g/mol. The summed E-state index contributed by atoms with van der Waals surface area (Å²) in [5.41, 5.74) is -0.487. The first-order chi connectivity index (χ1) is 9.16. The first-order valence-electron chi connectivity index (χ1n) is 7.02. The molecule has 0 bridgehead atoms. The summed E-state index contributed by atoms with van der Waals surface area (Å²) in [6.45, 7) is 4.65. The molecule has 1 aliphatic heterocycles. The SMILES string of the molecule is CN(C)CC1CC(O)CN1C(=O)[C@H]1[C@@H](C(=O)O)C1(C)C. The Kier molecular flexibility index (Phi) is 3.81. The number of aliphatic carboxylic acids is 1. The zero-order chi connectivity index (χ0) is 15.2. The van der Waals surface area contributed by atoms with Gasteiger partial charge in [-0.1, -0.05) is 13.8 Å². The highest BCUT2D eigenvalue weighted by molar-refractivity contribution is 5.92. The topological polar surface area (TPSA) is 81.1 Å². The Bertz CT molecular complexity index is 421. The van der Waals surface area contributed by atoms with Gasteiger partial charge in [0.05, 0.1) is 17.9 Å². The third kappa shape index (κ3) is 2.54. The standard InChI is InChI=1S/C14H24N2O4/c1-14(2)10(11(14)13(19)20)12(18)16-7-9(17)5-8(16)6-15(3)4/h8-11,17H,5-7H2,1-4H3,(H,19,20)/t8?,9?,10-,11+/m1/s1. The number of β-amino-alcohol motifs (C(OH)–C–C–N with tert-alkyl or cyclic N) is 1. The first kappa shape index (κ1) is 15.3. The van der Waals surface area contributed by atoms with Crippen molar-refractivity contribution in [2.45, 2.75) is 32.4 Å². The second-order valence-electron chi connectivity index (χ2n) is 6.91. The number of hydrogen-bond donors (Lipinski definition) is 2. The molecule has 2 rings (SSSR count). The van der Waals surface area contributed by atoms with Gasteiger partial charge in [-0.3, -0.25) is 9.59 Å². The Morgan fingerprint density at radius 2 is 1.90 bits per heavy atom.